The quantitative estimate of drug-likeness (QED) is 0.574. The molecule has 2 N–H and O–H groups in total. The van der Waals surface area contributed by atoms with Crippen LogP contribution in [0.15, 0.2) is 30.3 Å². The summed E-state index contributed by atoms with van der Waals surface area (Å²) in [7, 11) is 0. The van der Waals surface area contributed by atoms with Gasteiger partial charge in [0.1, 0.15) is 17.7 Å². The van der Waals surface area contributed by atoms with Crippen molar-refractivity contribution in [3.05, 3.63) is 35.9 Å². The van der Waals surface area contributed by atoms with E-state index in [0.717, 1.165) is 5.56 Å². The van der Waals surface area contributed by atoms with Crippen LogP contribution in [-0.2, 0) is 24.5 Å². The number of amides is 3. The van der Waals surface area contributed by atoms with E-state index in [9.17, 15) is 24.3 Å². The molecule has 0 bridgehead atoms. The minimum Gasteiger partial charge on any atom is -0.480 e. The summed E-state index contributed by atoms with van der Waals surface area (Å²) >= 11 is 0. The van der Waals surface area contributed by atoms with Crippen molar-refractivity contribution in [2.24, 2.45) is 5.92 Å². The lowest BCUT2D eigenvalue weighted by Crippen LogP contribution is -2.59. The lowest BCUT2D eigenvalue weighted by atomic mass is 9.71. The van der Waals surface area contributed by atoms with Crippen LogP contribution < -0.4 is 5.32 Å². The SMILES string of the molecule is CCC(C)C(NC(=O)C1(c2ccccc2)CCN(C(=O)OC(C)(C)C)CC1)C(=O)N1CCCC1C(=O)O. The van der Waals surface area contributed by atoms with Crippen molar-refractivity contribution < 1.29 is 29.0 Å². The van der Waals surface area contributed by atoms with Crippen LogP contribution >= 0.6 is 0 Å². The Morgan fingerprint density at radius 1 is 1.11 bits per heavy atom. The molecule has 3 amide bonds. The van der Waals surface area contributed by atoms with Gasteiger partial charge in [0.05, 0.1) is 5.41 Å². The van der Waals surface area contributed by atoms with Crippen molar-refractivity contribution in [2.45, 2.75) is 89.8 Å². The van der Waals surface area contributed by atoms with E-state index in [4.69, 9.17) is 4.74 Å². The van der Waals surface area contributed by atoms with Gasteiger partial charge in [-0.2, -0.15) is 0 Å². The van der Waals surface area contributed by atoms with E-state index < -0.39 is 35.2 Å². The van der Waals surface area contributed by atoms with Crippen molar-refractivity contribution in [1.82, 2.24) is 15.1 Å². The fourth-order valence-corrected chi connectivity index (χ4v) is 5.23. The van der Waals surface area contributed by atoms with Crippen LogP contribution in [0, 0.1) is 5.92 Å². The number of nitrogens with zero attached hydrogens (tertiary/aromatic N) is 2. The maximum absolute atomic E-state index is 14.1. The van der Waals surface area contributed by atoms with E-state index in [0.29, 0.717) is 51.7 Å². The van der Waals surface area contributed by atoms with Gasteiger partial charge in [-0.25, -0.2) is 9.59 Å². The van der Waals surface area contributed by atoms with Crippen LogP contribution in [0.3, 0.4) is 0 Å². The Kier molecular flexibility index (Phi) is 8.87. The van der Waals surface area contributed by atoms with E-state index in [1.165, 1.54) is 4.90 Å². The number of hydrogen-bond acceptors (Lipinski definition) is 5. The molecule has 0 aromatic heterocycles. The van der Waals surface area contributed by atoms with Crippen molar-refractivity contribution >= 4 is 23.9 Å². The van der Waals surface area contributed by atoms with E-state index >= 15 is 0 Å². The molecule has 9 heteroatoms. The molecular formula is C28H41N3O6. The number of piperidine rings is 1. The second-order valence-corrected chi connectivity index (χ2v) is 11.3. The lowest BCUT2D eigenvalue weighted by molar-refractivity contribution is -0.150. The highest BCUT2D eigenvalue weighted by molar-refractivity contribution is 5.95. The number of likely N-dealkylation sites (tertiary alicyclic amines) is 2. The molecule has 1 aromatic carbocycles. The molecule has 0 aliphatic carbocycles. The number of carbonyl (C=O) groups is 4. The number of hydrogen-bond donors (Lipinski definition) is 2. The first-order valence-corrected chi connectivity index (χ1v) is 13.3. The van der Waals surface area contributed by atoms with E-state index in [-0.39, 0.29) is 17.7 Å². The number of ether oxygens (including phenoxy) is 1. The second kappa shape index (κ2) is 11.5. The van der Waals surface area contributed by atoms with E-state index in [1.54, 1.807) is 4.90 Å². The minimum atomic E-state index is -1.02. The molecule has 0 saturated carbocycles. The molecular weight excluding hydrogens is 474 g/mol. The molecule has 37 heavy (non-hydrogen) atoms. The molecule has 2 heterocycles. The normalized spacial score (nSPS) is 21.2. The molecule has 2 saturated heterocycles. The van der Waals surface area contributed by atoms with Crippen molar-refractivity contribution in [1.29, 1.82) is 0 Å². The summed E-state index contributed by atoms with van der Waals surface area (Å²) in [5, 5.41) is 12.6. The average Bonchev–Trinajstić information content (AvgIpc) is 3.36. The van der Waals surface area contributed by atoms with Crippen molar-refractivity contribution in [3.63, 3.8) is 0 Å². The van der Waals surface area contributed by atoms with E-state index in [2.05, 4.69) is 5.32 Å². The summed E-state index contributed by atoms with van der Waals surface area (Å²) in [6.07, 6.45) is 2.04. The summed E-state index contributed by atoms with van der Waals surface area (Å²) < 4.78 is 5.53. The fraction of sp³-hybridized carbons (Fsp3) is 0.643. The van der Waals surface area contributed by atoms with Gasteiger partial charge in [0.25, 0.3) is 0 Å². The molecule has 2 fully saturated rings. The third kappa shape index (κ3) is 6.43. The molecule has 9 nitrogen and oxygen atoms in total. The number of aliphatic carboxylic acids is 1. The first-order chi connectivity index (χ1) is 17.4. The first-order valence-electron chi connectivity index (χ1n) is 13.3. The molecule has 204 valence electrons. The molecule has 1 aromatic rings. The Morgan fingerprint density at radius 2 is 1.73 bits per heavy atom. The Hall–Kier alpha value is -3.10. The Bertz CT molecular complexity index is 981. The summed E-state index contributed by atoms with van der Waals surface area (Å²) in [6, 6.07) is 7.76. The topological polar surface area (TPSA) is 116 Å². The summed E-state index contributed by atoms with van der Waals surface area (Å²) in [6.45, 7) is 10.3. The molecule has 3 unspecified atom stereocenters. The highest BCUT2D eigenvalue weighted by Crippen LogP contribution is 2.37. The molecule has 2 aliphatic heterocycles. The highest BCUT2D eigenvalue weighted by atomic mass is 16.6. The Morgan fingerprint density at radius 3 is 2.27 bits per heavy atom. The van der Waals surface area contributed by atoms with Crippen LogP contribution in [0.1, 0.15) is 72.3 Å². The van der Waals surface area contributed by atoms with Gasteiger partial charge in [-0.3, -0.25) is 9.59 Å². The molecule has 0 radical (unpaired) electrons. The number of rotatable bonds is 7. The maximum Gasteiger partial charge on any atom is 0.410 e. The number of carbonyl (C=O) groups excluding carboxylic acids is 3. The predicted octanol–water partition coefficient (Wildman–Crippen LogP) is 3.56. The third-order valence-electron chi connectivity index (χ3n) is 7.62. The second-order valence-electron chi connectivity index (χ2n) is 11.3. The summed E-state index contributed by atoms with van der Waals surface area (Å²) in [5.41, 5.74) is -0.713. The number of nitrogens with one attached hydrogen (secondary N) is 1. The zero-order valence-corrected chi connectivity index (χ0v) is 22.7. The lowest BCUT2D eigenvalue weighted by Gasteiger charge is -2.42. The van der Waals surface area contributed by atoms with Crippen molar-refractivity contribution in [2.75, 3.05) is 19.6 Å². The van der Waals surface area contributed by atoms with Crippen LogP contribution in [-0.4, -0.2) is 76.1 Å². The monoisotopic (exact) mass is 515 g/mol. The summed E-state index contributed by atoms with van der Waals surface area (Å²) in [5.74, 6) is -1.81. The largest absolute Gasteiger partial charge is 0.480 e. The molecule has 3 rings (SSSR count). The smallest absolute Gasteiger partial charge is 0.410 e. The average molecular weight is 516 g/mol. The first kappa shape index (κ1) is 28.5. The van der Waals surface area contributed by atoms with Gasteiger partial charge in [0.15, 0.2) is 0 Å². The molecule has 2 aliphatic rings. The van der Waals surface area contributed by atoms with Gasteiger partial charge < -0.3 is 25.0 Å². The zero-order chi connectivity index (χ0) is 27.4. The predicted molar refractivity (Wildman–Crippen MR) is 139 cm³/mol. The minimum absolute atomic E-state index is 0.179. The van der Waals surface area contributed by atoms with Gasteiger partial charge in [0, 0.05) is 19.6 Å². The maximum atomic E-state index is 14.1. The number of carboxylic acid groups (broad SMARTS) is 1. The third-order valence-corrected chi connectivity index (χ3v) is 7.62. The highest BCUT2D eigenvalue weighted by Gasteiger charge is 2.47. The van der Waals surface area contributed by atoms with E-state index in [1.807, 2.05) is 65.0 Å². The standard InChI is InChI=1S/C28H41N3O6/c1-6-19(2)22(23(32)31-16-10-13-21(31)24(33)34)29-25(35)28(20-11-8-7-9-12-20)14-17-30(18-15-28)26(36)37-27(3,4)5/h7-9,11-12,19,21-22H,6,10,13-18H2,1-5H3,(H,29,35)(H,33,34). The van der Waals surface area contributed by atoms with Gasteiger partial charge >= 0.3 is 12.1 Å². The van der Waals surface area contributed by atoms with Crippen molar-refractivity contribution in [3.8, 4) is 0 Å². The van der Waals surface area contributed by atoms with Gasteiger partial charge in [-0.15, -0.1) is 0 Å². The van der Waals surface area contributed by atoms with Gasteiger partial charge in [-0.05, 0) is 57.9 Å². The summed E-state index contributed by atoms with van der Waals surface area (Å²) in [4.78, 5) is 55.1. The Labute approximate surface area is 219 Å². The van der Waals surface area contributed by atoms with Gasteiger partial charge in [0.2, 0.25) is 11.8 Å². The fourth-order valence-electron chi connectivity index (χ4n) is 5.23. The van der Waals surface area contributed by atoms with Crippen LogP contribution in [0.5, 0.6) is 0 Å². The van der Waals surface area contributed by atoms with Gasteiger partial charge in [-0.1, -0.05) is 50.6 Å². The number of carboxylic acids is 1. The molecule has 3 atom stereocenters. The molecule has 0 spiro atoms. The van der Waals surface area contributed by atoms with Crippen LogP contribution in [0.2, 0.25) is 0 Å². The van der Waals surface area contributed by atoms with Crippen LogP contribution in [0.25, 0.3) is 0 Å². The number of benzene rings is 1. The van der Waals surface area contributed by atoms with Crippen LogP contribution in [0.4, 0.5) is 4.79 Å². The Balaban J connectivity index is 1.86. The zero-order valence-electron chi connectivity index (χ0n) is 22.7.